The smallest absolute Gasteiger partial charge is 0.321 e. The Morgan fingerprint density at radius 2 is 1.24 bits per heavy atom. The second-order valence-electron chi connectivity index (χ2n) is 6.60. The number of aliphatic hydroxyl groups excluding tert-OH is 4. The molecule has 8 N–H and O–H groups in total. The van der Waals surface area contributed by atoms with Crippen LogP contribution in [0.1, 0.15) is 12.8 Å². The van der Waals surface area contributed by atoms with Gasteiger partial charge in [-0.1, -0.05) is 0 Å². The van der Waals surface area contributed by atoms with Gasteiger partial charge in [0.05, 0.1) is 32.1 Å². The second kappa shape index (κ2) is 26.4. The van der Waals surface area contributed by atoms with Crippen LogP contribution in [0.5, 0.6) is 0 Å². The fraction of sp³-hybridized carbons (Fsp3) is 0.600. The molecule has 0 saturated carbocycles. The predicted molar refractivity (Wildman–Crippen MR) is 126 cm³/mol. The van der Waals surface area contributed by atoms with Crippen LogP contribution >= 0.6 is 0 Å². The average molecular weight is 557 g/mol. The third kappa shape index (κ3) is 16.1. The van der Waals surface area contributed by atoms with Crippen LogP contribution in [0, 0.1) is 0 Å². The molecule has 2 amide bonds. The molecule has 0 spiro atoms. The summed E-state index contributed by atoms with van der Waals surface area (Å²) in [6.07, 6.45) is -3.05. The second-order valence-corrected chi connectivity index (χ2v) is 6.60. The highest BCUT2D eigenvalue weighted by molar-refractivity contribution is 5.87. The van der Waals surface area contributed by atoms with Gasteiger partial charge in [-0.25, -0.2) is 0 Å². The molecule has 0 bridgehead atoms. The Hall–Kier alpha value is -3.68. The van der Waals surface area contributed by atoms with Gasteiger partial charge in [0, 0.05) is 26.2 Å². The molecule has 4 unspecified atom stereocenters. The first-order chi connectivity index (χ1) is 18.1. The van der Waals surface area contributed by atoms with Gasteiger partial charge in [-0.3, -0.25) is 19.2 Å². The molecule has 0 aromatic heterocycles. The van der Waals surface area contributed by atoms with E-state index in [1.165, 1.54) is 0 Å². The zero-order valence-corrected chi connectivity index (χ0v) is 20.6. The normalized spacial score (nSPS) is 19.7. The number of amides is 2. The van der Waals surface area contributed by atoms with Gasteiger partial charge >= 0.3 is 11.9 Å². The number of nitrogens with zero attached hydrogens (tertiary/aromatic N) is 2. The third-order valence-corrected chi connectivity index (χ3v) is 4.49. The largest absolute Gasteiger partial charge is 0.481 e. The van der Waals surface area contributed by atoms with Crippen molar-refractivity contribution in [2.24, 2.45) is 0 Å². The maximum atomic E-state index is 11.6. The first-order valence-electron chi connectivity index (χ1n) is 10.4. The molecule has 2 aliphatic heterocycles. The van der Waals surface area contributed by atoms with Gasteiger partial charge in [0.1, 0.15) is 33.2 Å². The van der Waals surface area contributed by atoms with E-state index in [-0.39, 0.29) is 32.5 Å². The number of nitrogens with one attached hydrogen (secondary N) is 2. The van der Waals surface area contributed by atoms with Crippen LogP contribution in [0.25, 0.3) is 0 Å². The molecule has 2 rings (SSSR count). The van der Waals surface area contributed by atoms with Crippen LogP contribution in [0.15, 0.2) is 0 Å². The Morgan fingerprint density at radius 3 is 1.66 bits per heavy atom. The topological polar surface area (TPSA) is 288 Å². The zero-order chi connectivity index (χ0) is 30.8. The number of aliphatic hydroxyl groups is 4. The lowest BCUT2D eigenvalue weighted by molar-refractivity contribution is -0.153. The molecule has 2 heterocycles. The minimum atomic E-state index is -1.26. The first-order valence-corrected chi connectivity index (χ1v) is 10.4. The molecular formula is C20H36N4O14. The minimum absolute atomic E-state index is 0.185. The number of hydrogen-bond acceptors (Lipinski definition) is 14. The first kappa shape index (κ1) is 41.4. The molecule has 18 heteroatoms. The Kier molecular flexibility index (Phi) is 28.8. The van der Waals surface area contributed by atoms with Crippen LogP contribution in [0.3, 0.4) is 0 Å². The third-order valence-electron chi connectivity index (χ3n) is 4.49. The van der Waals surface area contributed by atoms with Crippen molar-refractivity contribution < 1.29 is 69.0 Å². The highest BCUT2D eigenvalue weighted by Crippen LogP contribution is 2.08. The van der Waals surface area contributed by atoms with Gasteiger partial charge in [0.15, 0.2) is 12.5 Å². The molecule has 2 saturated heterocycles. The van der Waals surface area contributed by atoms with Crippen molar-refractivity contribution in [2.75, 3.05) is 39.4 Å². The van der Waals surface area contributed by atoms with E-state index in [0.29, 0.717) is 6.54 Å². The number of hydrogen-bond donors (Lipinski definition) is 8. The Labute approximate surface area is 217 Å². The van der Waals surface area contributed by atoms with Gasteiger partial charge in [0.2, 0.25) is 11.8 Å². The molecule has 0 aromatic carbocycles. The van der Waals surface area contributed by atoms with Crippen molar-refractivity contribution in [1.29, 1.82) is 0 Å². The molecule has 0 aromatic rings. The summed E-state index contributed by atoms with van der Waals surface area (Å²) in [7, 11) is 0. The van der Waals surface area contributed by atoms with Crippen molar-refractivity contribution in [2.45, 2.75) is 37.4 Å². The van der Waals surface area contributed by atoms with Crippen molar-refractivity contribution in [3.8, 4) is 0 Å². The number of carbonyl (C=O) groups excluding carboxylic acids is 6. The van der Waals surface area contributed by atoms with Crippen LogP contribution in [-0.4, -0.2) is 155 Å². The van der Waals surface area contributed by atoms with Crippen molar-refractivity contribution in [3.05, 3.63) is 0 Å². The van der Waals surface area contributed by atoms with Crippen molar-refractivity contribution >= 4 is 50.9 Å². The van der Waals surface area contributed by atoms with Crippen LogP contribution < -0.4 is 10.6 Å². The van der Waals surface area contributed by atoms with E-state index in [2.05, 4.69) is 10.6 Å². The Balaban J connectivity index is -0.000000241. The lowest BCUT2D eigenvalue weighted by Gasteiger charge is -2.35. The Morgan fingerprint density at radius 1 is 0.816 bits per heavy atom. The van der Waals surface area contributed by atoms with Crippen molar-refractivity contribution in [3.63, 3.8) is 0 Å². The predicted octanol–water partition coefficient (Wildman–Crippen LogP) is -5.60. The number of carboxylic acids is 2. The van der Waals surface area contributed by atoms with Crippen molar-refractivity contribution in [1.82, 2.24) is 20.4 Å². The summed E-state index contributed by atoms with van der Waals surface area (Å²) in [6.45, 7) is 8.02. The molecule has 18 nitrogen and oxygen atoms in total. The number of piperazine rings is 1. The van der Waals surface area contributed by atoms with E-state index < -0.39 is 61.5 Å². The Bertz CT molecular complexity index is 670. The summed E-state index contributed by atoms with van der Waals surface area (Å²) < 4.78 is 0. The maximum absolute atomic E-state index is 11.6. The van der Waals surface area contributed by atoms with Crippen LogP contribution in [-0.2, 0) is 38.4 Å². The SMILES string of the molecule is C=O.C=O.C=O.C=O.O=C(O)C1CC(=O)N(C(O)CO)CCN1.O=C(O)CC1NCCN(C(O)CO)C1=O. The standard InChI is InChI=1S/2C8H14N2O5.4CH2O/c11-4-6(12)10-2-1-9-5(8(10)15)3-7(13)14;11-4-7(13)10-2-1-9-5(8(14)15)3-6(10)12;4*1-2/h5-6,9,11-12H,1-4H2,(H,13,14);5,7,9,11,13H,1-4H2,(H,14,15);4*1H2. The minimum Gasteiger partial charge on any atom is -0.481 e. The molecule has 0 radical (unpaired) electrons. The van der Waals surface area contributed by atoms with E-state index in [0.717, 1.165) is 9.80 Å². The molecule has 220 valence electrons. The monoisotopic (exact) mass is 556 g/mol. The number of carboxylic acid groups (broad SMARTS) is 2. The molecule has 2 aliphatic rings. The van der Waals surface area contributed by atoms with Gasteiger partial charge < -0.3 is 70.3 Å². The quantitative estimate of drug-likeness (QED) is 0.145. The maximum Gasteiger partial charge on any atom is 0.321 e. The summed E-state index contributed by atoms with van der Waals surface area (Å²) in [5, 5.41) is 58.6. The zero-order valence-electron chi connectivity index (χ0n) is 20.6. The van der Waals surface area contributed by atoms with Gasteiger partial charge in [-0.2, -0.15) is 0 Å². The summed E-state index contributed by atoms with van der Waals surface area (Å²) >= 11 is 0. The van der Waals surface area contributed by atoms with Gasteiger partial charge in [-0.05, 0) is 0 Å². The summed E-state index contributed by atoms with van der Waals surface area (Å²) in [5.74, 6) is -3.15. The number of aliphatic carboxylic acids is 2. The van der Waals surface area contributed by atoms with Gasteiger partial charge in [0.25, 0.3) is 0 Å². The highest BCUT2D eigenvalue weighted by Gasteiger charge is 2.33. The van der Waals surface area contributed by atoms with E-state index in [1.54, 1.807) is 0 Å². The lowest BCUT2D eigenvalue weighted by Crippen LogP contribution is -2.59. The van der Waals surface area contributed by atoms with E-state index >= 15 is 0 Å². The fourth-order valence-electron chi connectivity index (χ4n) is 2.92. The summed E-state index contributed by atoms with van der Waals surface area (Å²) in [6, 6.07) is -1.74. The highest BCUT2D eigenvalue weighted by atomic mass is 16.4. The lowest BCUT2D eigenvalue weighted by atomic mass is 10.1. The van der Waals surface area contributed by atoms with E-state index in [9.17, 15) is 29.4 Å². The molecule has 38 heavy (non-hydrogen) atoms. The van der Waals surface area contributed by atoms with Gasteiger partial charge in [-0.15, -0.1) is 0 Å². The molecule has 4 atom stereocenters. The molecule has 2 fully saturated rings. The van der Waals surface area contributed by atoms with Crippen LogP contribution in [0.4, 0.5) is 0 Å². The number of carbonyl (C=O) groups is 8. The fourth-order valence-corrected chi connectivity index (χ4v) is 2.92. The van der Waals surface area contributed by atoms with Crippen LogP contribution in [0.2, 0.25) is 0 Å². The molecular weight excluding hydrogens is 520 g/mol. The van der Waals surface area contributed by atoms with E-state index in [4.69, 9.17) is 39.6 Å². The summed E-state index contributed by atoms with van der Waals surface area (Å²) in [4.78, 5) is 78.3. The molecule has 0 aliphatic carbocycles. The van der Waals surface area contributed by atoms with E-state index in [1.807, 2.05) is 27.2 Å². The average Bonchev–Trinajstić information content (AvgIpc) is 3.15. The number of rotatable bonds is 7. The summed E-state index contributed by atoms with van der Waals surface area (Å²) in [5.41, 5.74) is 0.